The van der Waals surface area contributed by atoms with Crippen molar-refractivity contribution in [1.82, 2.24) is 0 Å². The molecule has 88 valence electrons. The van der Waals surface area contributed by atoms with Gasteiger partial charge in [-0.2, -0.15) is 0 Å². The van der Waals surface area contributed by atoms with E-state index in [1.54, 1.807) is 6.92 Å². The quantitative estimate of drug-likeness (QED) is 0.621. The molecule has 0 heterocycles. The first-order chi connectivity index (χ1) is 7.56. The van der Waals surface area contributed by atoms with E-state index in [0.29, 0.717) is 12.5 Å². The van der Waals surface area contributed by atoms with Crippen molar-refractivity contribution in [3.8, 4) is 0 Å². The van der Waals surface area contributed by atoms with Gasteiger partial charge < -0.3 is 4.74 Å². The van der Waals surface area contributed by atoms with Crippen LogP contribution in [0.15, 0.2) is 24.3 Å². The molecular weight excluding hydrogens is 268 g/mol. The SMILES string of the molecule is CCOC(=O)[C@@H](Br)c1ccc(C(C)C)cc1. The molecule has 0 bridgehead atoms. The second-order valence-electron chi connectivity index (χ2n) is 3.94. The van der Waals surface area contributed by atoms with E-state index in [1.165, 1.54) is 5.56 Å². The molecule has 2 nitrogen and oxygen atoms in total. The van der Waals surface area contributed by atoms with Gasteiger partial charge in [-0.05, 0) is 24.0 Å². The van der Waals surface area contributed by atoms with E-state index in [9.17, 15) is 4.79 Å². The first-order valence-corrected chi connectivity index (χ1v) is 6.38. The van der Waals surface area contributed by atoms with Gasteiger partial charge in [-0.25, -0.2) is 0 Å². The molecule has 0 saturated heterocycles. The molecule has 0 unspecified atom stereocenters. The van der Waals surface area contributed by atoms with Crippen molar-refractivity contribution < 1.29 is 9.53 Å². The number of ether oxygens (including phenoxy) is 1. The van der Waals surface area contributed by atoms with Crippen LogP contribution in [-0.4, -0.2) is 12.6 Å². The summed E-state index contributed by atoms with van der Waals surface area (Å²) in [5.74, 6) is 0.269. The van der Waals surface area contributed by atoms with Gasteiger partial charge in [-0.15, -0.1) is 0 Å². The van der Waals surface area contributed by atoms with Crippen LogP contribution in [-0.2, 0) is 9.53 Å². The van der Waals surface area contributed by atoms with Gasteiger partial charge in [0.2, 0.25) is 0 Å². The molecule has 1 rings (SSSR count). The zero-order valence-electron chi connectivity index (χ0n) is 9.87. The number of halogens is 1. The highest BCUT2D eigenvalue weighted by Gasteiger charge is 2.18. The Labute approximate surface area is 105 Å². The Hall–Kier alpha value is -0.830. The van der Waals surface area contributed by atoms with Crippen LogP contribution in [0.1, 0.15) is 42.6 Å². The average Bonchev–Trinajstić information content (AvgIpc) is 2.28. The Morgan fingerprint density at radius 1 is 1.25 bits per heavy atom. The fourth-order valence-electron chi connectivity index (χ4n) is 1.40. The second-order valence-corrected chi connectivity index (χ2v) is 4.85. The van der Waals surface area contributed by atoms with Gasteiger partial charge in [-0.3, -0.25) is 4.79 Å². The molecule has 0 N–H and O–H groups in total. The minimum atomic E-state index is -0.367. The van der Waals surface area contributed by atoms with Crippen molar-refractivity contribution in [2.45, 2.75) is 31.5 Å². The number of hydrogen-bond acceptors (Lipinski definition) is 2. The van der Waals surface area contributed by atoms with Gasteiger partial charge in [-0.1, -0.05) is 54.0 Å². The van der Waals surface area contributed by atoms with Crippen LogP contribution in [0.3, 0.4) is 0 Å². The first kappa shape index (κ1) is 13.2. The molecule has 16 heavy (non-hydrogen) atoms. The smallest absolute Gasteiger partial charge is 0.324 e. The van der Waals surface area contributed by atoms with E-state index >= 15 is 0 Å². The number of esters is 1. The highest BCUT2D eigenvalue weighted by Crippen LogP contribution is 2.25. The molecule has 0 fully saturated rings. The molecule has 1 atom stereocenters. The second kappa shape index (κ2) is 6.04. The number of alkyl halides is 1. The van der Waals surface area contributed by atoms with Gasteiger partial charge in [0.25, 0.3) is 0 Å². The van der Waals surface area contributed by atoms with E-state index in [-0.39, 0.29) is 10.8 Å². The largest absolute Gasteiger partial charge is 0.465 e. The van der Waals surface area contributed by atoms with Gasteiger partial charge in [0, 0.05) is 0 Å². The summed E-state index contributed by atoms with van der Waals surface area (Å²) in [6.45, 7) is 6.50. The average molecular weight is 285 g/mol. The third kappa shape index (κ3) is 3.34. The maximum atomic E-state index is 11.5. The molecule has 0 aliphatic heterocycles. The minimum Gasteiger partial charge on any atom is -0.465 e. The lowest BCUT2D eigenvalue weighted by Gasteiger charge is -2.11. The predicted molar refractivity (Wildman–Crippen MR) is 68.8 cm³/mol. The molecule has 1 aromatic carbocycles. The van der Waals surface area contributed by atoms with Crippen LogP contribution in [0.25, 0.3) is 0 Å². The lowest BCUT2D eigenvalue weighted by molar-refractivity contribution is -0.142. The number of benzene rings is 1. The lowest BCUT2D eigenvalue weighted by Crippen LogP contribution is -2.10. The van der Waals surface area contributed by atoms with Crippen LogP contribution >= 0.6 is 15.9 Å². The van der Waals surface area contributed by atoms with Crippen molar-refractivity contribution in [3.63, 3.8) is 0 Å². The number of rotatable bonds is 4. The van der Waals surface area contributed by atoms with Crippen molar-refractivity contribution in [2.24, 2.45) is 0 Å². The van der Waals surface area contributed by atoms with Gasteiger partial charge in [0.1, 0.15) is 4.83 Å². The molecule has 0 radical (unpaired) electrons. The minimum absolute atomic E-state index is 0.236. The van der Waals surface area contributed by atoms with E-state index in [1.807, 2.05) is 24.3 Å². The Bertz CT molecular complexity index is 343. The molecule has 0 spiro atoms. The van der Waals surface area contributed by atoms with Crippen LogP contribution in [0.2, 0.25) is 0 Å². The monoisotopic (exact) mass is 284 g/mol. The van der Waals surface area contributed by atoms with Crippen molar-refractivity contribution >= 4 is 21.9 Å². The molecule has 0 aliphatic rings. The molecule has 0 amide bonds. The van der Waals surface area contributed by atoms with Gasteiger partial charge >= 0.3 is 5.97 Å². The van der Waals surface area contributed by atoms with Crippen molar-refractivity contribution in [3.05, 3.63) is 35.4 Å². The van der Waals surface area contributed by atoms with Crippen LogP contribution in [0, 0.1) is 0 Å². The Kier molecular flexibility index (Phi) is 5.00. The maximum absolute atomic E-state index is 11.5. The summed E-state index contributed by atoms with van der Waals surface area (Å²) in [6, 6.07) is 8.03. The Morgan fingerprint density at radius 3 is 2.19 bits per heavy atom. The van der Waals surface area contributed by atoms with E-state index in [0.717, 1.165) is 5.56 Å². The third-order valence-corrected chi connectivity index (χ3v) is 3.29. The summed E-state index contributed by atoms with van der Waals surface area (Å²) in [4.78, 5) is 11.1. The van der Waals surface area contributed by atoms with Crippen LogP contribution in [0.4, 0.5) is 0 Å². The summed E-state index contributed by atoms with van der Waals surface area (Å²) in [5, 5.41) is 0. The summed E-state index contributed by atoms with van der Waals surface area (Å²) >= 11 is 3.34. The zero-order chi connectivity index (χ0) is 12.1. The van der Waals surface area contributed by atoms with E-state index in [4.69, 9.17) is 4.74 Å². The molecular formula is C13H17BrO2. The van der Waals surface area contributed by atoms with E-state index < -0.39 is 0 Å². The van der Waals surface area contributed by atoms with Gasteiger partial charge in [0.15, 0.2) is 0 Å². The molecule has 0 saturated carbocycles. The third-order valence-electron chi connectivity index (χ3n) is 2.39. The fourth-order valence-corrected chi connectivity index (χ4v) is 1.84. The number of hydrogen-bond donors (Lipinski definition) is 0. The Balaban J connectivity index is 2.77. The summed E-state index contributed by atoms with van der Waals surface area (Å²) < 4.78 is 4.95. The predicted octanol–water partition coefficient (Wildman–Crippen LogP) is 3.81. The molecule has 1 aromatic rings. The Morgan fingerprint density at radius 2 is 1.75 bits per heavy atom. The highest BCUT2D eigenvalue weighted by atomic mass is 79.9. The number of carbonyl (C=O) groups excluding carboxylic acids is 1. The van der Waals surface area contributed by atoms with E-state index in [2.05, 4.69) is 29.8 Å². The molecule has 0 aliphatic carbocycles. The zero-order valence-corrected chi connectivity index (χ0v) is 11.5. The standard InChI is InChI=1S/C13H17BrO2/c1-4-16-13(15)12(14)11-7-5-10(6-8-11)9(2)3/h5-9,12H,4H2,1-3H3/t12-/m0/s1. The topological polar surface area (TPSA) is 26.3 Å². The van der Waals surface area contributed by atoms with Crippen molar-refractivity contribution in [1.29, 1.82) is 0 Å². The maximum Gasteiger partial charge on any atom is 0.324 e. The molecule has 3 heteroatoms. The fraction of sp³-hybridized carbons (Fsp3) is 0.462. The number of carbonyl (C=O) groups is 1. The lowest BCUT2D eigenvalue weighted by atomic mass is 10.0. The summed E-state index contributed by atoms with van der Waals surface area (Å²) in [7, 11) is 0. The highest BCUT2D eigenvalue weighted by molar-refractivity contribution is 9.09. The van der Waals surface area contributed by atoms with Gasteiger partial charge in [0.05, 0.1) is 6.61 Å². The normalized spacial score (nSPS) is 12.6. The van der Waals surface area contributed by atoms with Crippen LogP contribution < -0.4 is 0 Å². The van der Waals surface area contributed by atoms with Crippen LogP contribution in [0.5, 0.6) is 0 Å². The summed E-state index contributed by atoms with van der Waals surface area (Å²) in [6.07, 6.45) is 0. The first-order valence-electron chi connectivity index (χ1n) is 5.46. The molecule has 0 aromatic heterocycles. The summed E-state index contributed by atoms with van der Waals surface area (Å²) in [5.41, 5.74) is 2.20. The van der Waals surface area contributed by atoms with Crippen molar-refractivity contribution in [2.75, 3.05) is 6.61 Å².